The summed E-state index contributed by atoms with van der Waals surface area (Å²) in [6.45, 7) is 3.60. The highest BCUT2D eigenvalue weighted by Gasteiger charge is 2.55. The summed E-state index contributed by atoms with van der Waals surface area (Å²) in [5.41, 5.74) is 3.34. The van der Waals surface area contributed by atoms with Crippen LogP contribution in [0.3, 0.4) is 0 Å². The van der Waals surface area contributed by atoms with Crippen LogP contribution < -0.4 is 4.90 Å². The summed E-state index contributed by atoms with van der Waals surface area (Å²) in [6, 6.07) is 19.3. The molecule has 30 heavy (non-hydrogen) atoms. The van der Waals surface area contributed by atoms with Gasteiger partial charge in [0.1, 0.15) is 12.2 Å². The monoisotopic (exact) mass is 403 g/mol. The van der Waals surface area contributed by atoms with E-state index in [0.29, 0.717) is 12.7 Å². The van der Waals surface area contributed by atoms with Crippen molar-refractivity contribution >= 4 is 17.5 Å². The number of fused-ring (bicyclic) bond motifs is 1. The fraction of sp³-hybridized carbons (Fsp3) is 0.440. The van der Waals surface area contributed by atoms with Crippen LogP contribution in [0.15, 0.2) is 54.6 Å². The van der Waals surface area contributed by atoms with Gasteiger partial charge in [-0.3, -0.25) is 19.4 Å². The molecule has 2 aromatic carbocycles. The smallest absolute Gasteiger partial charge is 0.256 e. The van der Waals surface area contributed by atoms with Gasteiger partial charge in [-0.25, -0.2) is 0 Å². The highest BCUT2D eigenvalue weighted by molar-refractivity contribution is 6.04. The summed E-state index contributed by atoms with van der Waals surface area (Å²) in [4.78, 5) is 31.8. The van der Waals surface area contributed by atoms with Gasteiger partial charge in [-0.2, -0.15) is 0 Å². The molecular weight excluding hydrogens is 374 g/mol. The Kier molecular flexibility index (Phi) is 4.86. The van der Waals surface area contributed by atoms with Crippen molar-refractivity contribution in [2.24, 2.45) is 0 Å². The molecule has 2 saturated heterocycles. The minimum Gasteiger partial charge on any atom is -0.338 e. The van der Waals surface area contributed by atoms with Gasteiger partial charge in [-0.15, -0.1) is 0 Å². The molecule has 0 bridgehead atoms. The van der Waals surface area contributed by atoms with Crippen molar-refractivity contribution in [3.05, 3.63) is 65.7 Å². The number of likely N-dealkylation sites (tertiary alicyclic amines) is 1. The molecule has 0 N–H and O–H groups in total. The molecule has 5 heteroatoms. The lowest BCUT2D eigenvalue weighted by Gasteiger charge is -2.46. The molecule has 1 unspecified atom stereocenters. The molecule has 2 fully saturated rings. The maximum atomic E-state index is 13.4. The van der Waals surface area contributed by atoms with Crippen molar-refractivity contribution in [3.63, 3.8) is 0 Å². The molecule has 2 amide bonds. The van der Waals surface area contributed by atoms with Crippen LogP contribution in [0.25, 0.3) is 0 Å². The van der Waals surface area contributed by atoms with E-state index >= 15 is 0 Å². The number of aryl methyl sites for hydroxylation is 1. The SMILES string of the molecule is CC(=O)N1CN(c2ccccc2)C2(CCN(C3CCCc4ccccc43)CC2)C1=O. The molecule has 1 aliphatic carbocycles. The first kappa shape index (κ1) is 19.3. The number of nitrogens with zero attached hydrogens (tertiary/aromatic N) is 3. The van der Waals surface area contributed by atoms with Crippen molar-refractivity contribution in [3.8, 4) is 0 Å². The van der Waals surface area contributed by atoms with E-state index in [0.717, 1.165) is 38.0 Å². The average molecular weight is 404 g/mol. The Bertz CT molecular complexity index is 950. The fourth-order valence-electron chi connectivity index (χ4n) is 5.68. The topological polar surface area (TPSA) is 43.9 Å². The van der Waals surface area contributed by atoms with E-state index in [4.69, 9.17) is 0 Å². The summed E-state index contributed by atoms with van der Waals surface area (Å²) >= 11 is 0. The number of para-hydroxylation sites is 1. The molecule has 0 radical (unpaired) electrons. The zero-order valence-electron chi connectivity index (χ0n) is 17.6. The molecule has 1 spiro atoms. The Morgan fingerprint density at radius 2 is 1.70 bits per heavy atom. The third-order valence-corrected chi connectivity index (χ3v) is 7.29. The third kappa shape index (κ3) is 3.03. The van der Waals surface area contributed by atoms with Crippen LogP contribution in [0.4, 0.5) is 5.69 Å². The first-order chi connectivity index (χ1) is 14.6. The van der Waals surface area contributed by atoms with Crippen LogP contribution in [-0.2, 0) is 16.0 Å². The molecule has 2 aliphatic heterocycles. The number of imide groups is 1. The Morgan fingerprint density at radius 1 is 1.00 bits per heavy atom. The summed E-state index contributed by atoms with van der Waals surface area (Å²) in [6.07, 6.45) is 5.07. The van der Waals surface area contributed by atoms with E-state index in [1.807, 2.05) is 30.3 Å². The summed E-state index contributed by atoms with van der Waals surface area (Å²) in [7, 11) is 0. The number of piperidine rings is 1. The number of rotatable bonds is 2. The highest BCUT2D eigenvalue weighted by Crippen LogP contribution is 2.43. The van der Waals surface area contributed by atoms with E-state index < -0.39 is 5.54 Å². The van der Waals surface area contributed by atoms with E-state index in [9.17, 15) is 9.59 Å². The van der Waals surface area contributed by atoms with Gasteiger partial charge in [-0.1, -0.05) is 42.5 Å². The molecule has 5 rings (SSSR count). The molecular formula is C25H29N3O2. The maximum Gasteiger partial charge on any atom is 0.256 e. The molecule has 0 aromatic heterocycles. The van der Waals surface area contributed by atoms with Gasteiger partial charge in [0.05, 0.1) is 0 Å². The second-order valence-corrected chi connectivity index (χ2v) is 8.83. The zero-order chi connectivity index (χ0) is 20.7. The third-order valence-electron chi connectivity index (χ3n) is 7.29. The lowest BCUT2D eigenvalue weighted by Crippen LogP contribution is -2.57. The van der Waals surface area contributed by atoms with Crippen LogP contribution in [0.2, 0.25) is 0 Å². The lowest BCUT2D eigenvalue weighted by atomic mass is 9.81. The largest absolute Gasteiger partial charge is 0.338 e. The Labute approximate surface area is 178 Å². The van der Waals surface area contributed by atoms with Crippen molar-refractivity contribution in [1.29, 1.82) is 0 Å². The number of carbonyl (C=O) groups excluding carboxylic acids is 2. The number of carbonyl (C=O) groups is 2. The van der Waals surface area contributed by atoms with Gasteiger partial charge in [0.2, 0.25) is 5.91 Å². The van der Waals surface area contributed by atoms with Crippen LogP contribution in [0, 0.1) is 0 Å². The van der Waals surface area contributed by atoms with Gasteiger partial charge >= 0.3 is 0 Å². The molecule has 0 saturated carbocycles. The predicted octanol–water partition coefficient (Wildman–Crippen LogP) is 3.75. The average Bonchev–Trinajstić information content (AvgIpc) is 3.07. The first-order valence-corrected chi connectivity index (χ1v) is 11.1. The molecule has 1 atom stereocenters. The first-order valence-electron chi connectivity index (χ1n) is 11.1. The van der Waals surface area contributed by atoms with Crippen molar-refractivity contribution < 1.29 is 9.59 Å². The molecule has 3 aliphatic rings. The summed E-state index contributed by atoms with van der Waals surface area (Å²) in [5.74, 6) is -0.191. The van der Waals surface area contributed by atoms with Crippen molar-refractivity contribution in [2.75, 3.05) is 24.7 Å². The van der Waals surface area contributed by atoms with Gasteiger partial charge in [-0.05, 0) is 55.4 Å². The number of hydrogen-bond acceptors (Lipinski definition) is 4. The number of hydrogen-bond donors (Lipinski definition) is 0. The quantitative estimate of drug-likeness (QED) is 0.766. The summed E-state index contributed by atoms with van der Waals surface area (Å²) in [5, 5.41) is 0. The van der Waals surface area contributed by atoms with Crippen LogP contribution in [0.1, 0.15) is 49.8 Å². The van der Waals surface area contributed by atoms with Gasteiger partial charge in [0.25, 0.3) is 5.91 Å². The van der Waals surface area contributed by atoms with Gasteiger partial charge in [0.15, 0.2) is 0 Å². The summed E-state index contributed by atoms with van der Waals surface area (Å²) < 4.78 is 0. The lowest BCUT2D eigenvalue weighted by molar-refractivity contribution is -0.143. The van der Waals surface area contributed by atoms with Crippen molar-refractivity contribution in [2.45, 2.75) is 50.6 Å². The molecule has 156 valence electrons. The van der Waals surface area contributed by atoms with Crippen molar-refractivity contribution in [1.82, 2.24) is 9.80 Å². The van der Waals surface area contributed by atoms with Gasteiger partial charge in [0, 0.05) is 31.7 Å². The molecule has 2 aromatic rings. The van der Waals surface area contributed by atoms with E-state index in [1.54, 1.807) is 0 Å². The molecule has 2 heterocycles. The van der Waals surface area contributed by atoms with Gasteiger partial charge < -0.3 is 4.90 Å². The van der Waals surface area contributed by atoms with E-state index in [-0.39, 0.29) is 11.8 Å². The minimum absolute atomic E-state index is 0.0254. The second-order valence-electron chi connectivity index (χ2n) is 8.83. The normalized spacial score (nSPS) is 23.6. The Morgan fingerprint density at radius 3 is 2.43 bits per heavy atom. The minimum atomic E-state index is -0.613. The van der Waals surface area contributed by atoms with E-state index in [2.05, 4.69) is 34.1 Å². The van der Waals surface area contributed by atoms with Crippen LogP contribution in [-0.4, -0.2) is 46.9 Å². The predicted molar refractivity (Wildman–Crippen MR) is 117 cm³/mol. The van der Waals surface area contributed by atoms with E-state index in [1.165, 1.54) is 35.8 Å². The van der Waals surface area contributed by atoms with Crippen LogP contribution in [0.5, 0.6) is 0 Å². The maximum absolute atomic E-state index is 13.4. The number of anilines is 1. The van der Waals surface area contributed by atoms with Crippen LogP contribution >= 0.6 is 0 Å². The zero-order valence-corrected chi connectivity index (χ0v) is 17.6. The number of benzene rings is 2. The number of amides is 2. The molecule has 5 nitrogen and oxygen atoms in total. The highest BCUT2D eigenvalue weighted by atomic mass is 16.2. The Balaban J connectivity index is 1.42. The Hall–Kier alpha value is -2.66. The standard InChI is InChI=1S/C25H29N3O2/c1-19(29)27-18-28(21-10-3-2-4-11-21)25(24(27)30)14-16-26(17-15-25)23-13-7-9-20-8-5-6-12-22(20)23/h2-6,8,10-12,23H,7,9,13-18H2,1H3. The fourth-order valence-corrected chi connectivity index (χ4v) is 5.68. The second kappa shape index (κ2) is 7.55.